The molecule has 0 unspecified atom stereocenters. The highest BCUT2D eigenvalue weighted by molar-refractivity contribution is 6.06. The maximum Gasteiger partial charge on any atom is 0.262 e. The number of fused-ring (bicyclic) bond motifs is 1. The van der Waals surface area contributed by atoms with E-state index in [4.69, 9.17) is 9.47 Å². The van der Waals surface area contributed by atoms with Crippen molar-refractivity contribution in [3.05, 3.63) is 30.0 Å². The van der Waals surface area contributed by atoms with Crippen molar-refractivity contribution in [2.24, 2.45) is 18.4 Å². The van der Waals surface area contributed by atoms with Crippen LogP contribution in [-0.2, 0) is 11.8 Å². The van der Waals surface area contributed by atoms with E-state index < -0.39 is 5.41 Å². The molecule has 0 radical (unpaired) electrons. The summed E-state index contributed by atoms with van der Waals surface area (Å²) in [4.78, 5) is 27.6. The Morgan fingerprint density at radius 2 is 2.10 bits per heavy atom. The predicted octanol–water partition coefficient (Wildman–Crippen LogP) is 3.48. The van der Waals surface area contributed by atoms with Crippen LogP contribution in [0, 0.1) is 11.3 Å². The molecular weight excluding hydrogens is 384 g/mol. The van der Waals surface area contributed by atoms with Gasteiger partial charge in [-0.25, -0.2) is 0 Å². The Morgan fingerprint density at radius 1 is 1.37 bits per heavy atom. The number of carbonyl (C=O) groups excluding carboxylic acids is 2. The smallest absolute Gasteiger partial charge is 0.262 e. The van der Waals surface area contributed by atoms with Crippen LogP contribution in [0.4, 0.5) is 11.4 Å². The minimum Gasteiger partial charge on any atom is -0.490 e. The van der Waals surface area contributed by atoms with Gasteiger partial charge in [-0.1, -0.05) is 13.8 Å². The first-order valence-electron chi connectivity index (χ1n) is 10.1. The average molecular weight is 415 g/mol. The molecule has 3 rings (SSSR count). The molecule has 1 aromatic heterocycles. The first-order valence-corrected chi connectivity index (χ1v) is 10.1. The van der Waals surface area contributed by atoms with Crippen molar-refractivity contribution in [2.75, 3.05) is 30.5 Å². The summed E-state index contributed by atoms with van der Waals surface area (Å²) in [6.45, 7) is 8.94. The average Bonchev–Trinajstić information content (AvgIpc) is 3.04. The second-order valence-electron chi connectivity index (χ2n) is 8.67. The van der Waals surface area contributed by atoms with Gasteiger partial charge in [0.15, 0.2) is 0 Å². The molecular formula is C22H30N4O4. The van der Waals surface area contributed by atoms with Crippen LogP contribution in [0.5, 0.6) is 11.6 Å². The molecule has 1 N–H and O–H groups in total. The summed E-state index contributed by atoms with van der Waals surface area (Å²) in [5, 5.41) is 6.97. The molecule has 0 aliphatic carbocycles. The van der Waals surface area contributed by atoms with Crippen molar-refractivity contribution in [2.45, 2.75) is 34.1 Å². The van der Waals surface area contributed by atoms with Crippen molar-refractivity contribution in [1.82, 2.24) is 9.78 Å². The van der Waals surface area contributed by atoms with Crippen LogP contribution in [0.3, 0.4) is 0 Å². The zero-order chi connectivity index (χ0) is 22.1. The fourth-order valence-electron chi connectivity index (χ4n) is 3.31. The number of nitrogens with zero attached hydrogens (tertiary/aromatic N) is 3. The van der Waals surface area contributed by atoms with Crippen LogP contribution in [0.2, 0.25) is 0 Å². The molecule has 162 valence electrons. The van der Waals surface area contributed by atoms with Crippen molar-refractivity contribution in [3.63, 3.8) is 0 Å². The number of methoxy groups -OCH3 is 1. The first kappa shape index (κ1) is 21.7. The molecule has 0 fully saturated rings. The highest BCUT2D eigenvalue weighted by Gasteiger charge is 2.37. The molecule has 8 heteroatoms. The summed E-state index contributed by atoms with van der Waals surface area (Å²) in [6.07, 6.45) is 2.49. The number of hydrogen-bond acceptors (Lipinski definition) is 5. The Bertz CT molecular complexity index is 949. The number of carbonyl (C=O) groups is 2. The van der Waals surface area contributed by atoms with Crippen molar-refractivity contribution >= 4 is 23.2 Å². The molecule has 0 spiro atoms. The van der Waals surface area contributed by atoms with Gasteiger partial charge in [0.05, 0.1) is 18.2 Å². The van der Waals surface area contributed by atoms with Gasteiger partial charge in [0.1, 0.15) is 17.9 Å². The van der Waals surface area contributed by atoms with E-state index in [-0.39, 0.29) is 24.3 Å². The lowest BCUT2D eigenvalue weighted by atomic mass is 9.92. The summed E-state index contributed by atoms with van der Waals surface area (Å²) in [7, 11) is 3.19. The third-order valence-electron chi connectivity index (χ3n) is 5.08. The highest BCUT2D eigenvalue weighted by Crippen LogP contribution is 2.38. The van der Waals surface area contributed by atoms with E-state index in [9.17, 15) is 9.59 Å². The molecule has 30 heavy (non-hydrogen) atoms. The maximum absolute atomic E-state index is 13.1. The van der Waals surface area contributed by atoms with Crippen LogP contribution in [0.1, 0.15) is 44.5 Å². The van der Waals surface area contributed by atoms with Gasteiger partial charge < -0.3 is 19.7 Å². The standard InChI is InChI=1S/C22H30N4O4/c1-14(2)9-10-26-17-8-7-15(11-18(17)30-13-22(3,4)21(26)28)23-19(27)16-12-25(5)24-20(16)29-6/h7-8,11-12,14H,9-10,13H2,1-6H3,(H,23,27). The van der Waals surface area contributed by atoms with E-state index in [1.807, 2.05) is 19.9 Å². The number of aromatic nitrogens is 2. The third kappa shape index (κ3) is 4.42. The Kier molecular flexibility index (Phi) is 6.05. The van der Waals surface area contributed by atoms with Gasteiger partial charge in [0.25, 0.3) is 5.91 Å². The van der Waals surface area contributed by atoms with Gasteiger partial charge in [-0.3, -0.25) is 14.3 Å². The molecule has 2 aromatic rings. The molecule has 0 saturated carbocycles. The van der Waals surface area contributed by atoms with E-state index >= 15 is 0 Å². The van der Waals surface area contributed by atoms with Gasteiger partial charge in [0.2, 0.25) is 11.8 Å². The summed E-state index contributed by atoms with van der Waals surface area (Å²) >= 11 is 0. The summed E-state index contributed by atoms with van der Waals surface area (Å²) < 4.78 is 12.7. The fraction of sp³-hybridized carbons (Fsp3) is 0.500. The van der Waals surface area contributed by atoms with Crippen LogP contribution >= 0.6 is 0 Å². The van der Waals surface area contributed by atoms with Crippen LogP contribution in [0.15, 0.2) is 24.4 Å². The lowest BCUT2D eigenvalue weighted by Gasteiger charge is -2.28. The normalized spacial score (nSPS) is 15.4. The van der Waals surface area contributed by atoms with Gasteiger partial charge in [-0.15, -0.1) is 5.10 Å². The number of anilines is 2. The van der Waals surface area contributed by atoms with Gasteiger partial charge >= 0.3 is 0 Å². The number of benzene rings is 1. The van der Waals surface area contributed by atoms with Crippen LogP contribution in [-0.4, -0.2) is 41.9 Å². The molecule has 0 atom stereocenters. The number of nitrogens with one attached hydrogen (secondary N) is 1. The maximum atomic E-state index is 13.1. The van der Waals surface area contributed by atoms with E-state index in [1.165, 1.54) is 11.8 Å². The van der Waals surface area contributed by atoms with Gasteiger partial charge in [-0.2, -0.15) is 0 Å². The minimum absolute atomic E-state index is 0.0405. The molecule has 1 aliphatic heterocycles. The number of amides is 2. The second kappa shape index (κ2) is 8.38. The van der Waals surface area contributed by atoms with Crippen molar-refractivity contribution < 1.29 is 19.1 Å². The lowest BCUT2D eigenvalue weighted by molar-refractivity contribution is -0.127. The Balaban J connectivity index is 1.89. The Morgan fingerprint density at radius 3 is 2.77 bits per heavy atom. The van der Waals surface area contributed by atoms with E-state index in [0.29, 0.717) is 29.5 Å². The van der Waals surface area contributed by atoms with E-state index in [2.05, 4.69) is 24.3 Å². The van der Waals surface area contributed by atoms with Gasteiger partial charge in [-0.05, 0) is 38.3 Å². The van der Waals surface area contributed by atoms with Crippen LogP contribution in [0.25, 0.3) is 0 Å². The molecule has 1 aliphatic rings. The number of rotatable bonds is 6. The molecule has 2 heterocycles. The largest absolute Gasteiger partial charge is 0.490 e. The molecule has 0 bridgehead atoms. The predicted molar refractivity (Wildman–Crippen MR) is 115 cm³/mol. The molecule has 0 saturated heterocycles. The zero-order valence-electron chi connectivity index (χ0n) is 18.5. The molecule has 1 aromatic carbocycles. The Hall–Kier alpha value is -3.03. The van der Waals surface area contributed by atoms with E-state index in [1.54, 1.807) is 30.3 Å². The highest BCUT2D eigenvalue weighted by atomic mass is 16.5. The SMILES string of the molecule is COc1nn(C)cc1C(=O)Nc1ccc2c(c1)OCC(C)(C)C(=O)N2CCC(C)C. The topological polar surface area (TPSA) is 85.7 Å². The summed E-state index contributed by atoms with van der Waals surface area (Å²) in [5.74, 6) is 1.02. The Labute approximate surface area is 177 Å². The first-order chi connectivity index (χ1) is 14.1. The van der Waals surface area contributed by atoms with Crippen LogP contribution < -0.4 is 19.7 Å². The molecule has 2 amide bonds. The monoisotopic (exact) mass is 414 g/mol. The number of aryl methyl sites for hydroxylation is 1. The zero-order valence-corrected chi connectivity index (χ0v) is 18.5. The minimum atomic E-state index is -0.636. The summed E-state index contributed by atoms with van der Waals surface area (Å²) in [6, 6.07) is 5.36. The molecule has 8 nitrogen and oxygen atoms in total. The van der Waals surface area contributed by atoms with Crippen molar-refractivity contribution in [3.8, 4) is 11.6 Å². The number of hydrogen-bond donors (Lipinski definition) is 1. The van der Waals surface area contributed by atoms with E-state index in [0.717, 1.165) is 12.1 Å². The quantitative estimate of drug-likeness (QED) is 0.782. The second-order valence-corrected chi connectivity index (χ2v) is 8.67. The fourth-order valence-corrected chi connectivity index (χ4v) is 3.31. The van der Waals surface area contributed by atoms with Gasteiger partial charge in [0, 0.05) is 31.5 Å². The van der Waals surface area contributed by atoms with Crippen molar-refractivity contribution in [1.29, 1.82) is 0 Å². The lowest BCUT2D eigenvalue weighted by Crippen LogP contribution is -2.42. The third-order valence-corrected chi connectivity index (χ3v) is 5.08. The summed E-state index contributed by atoms with van der Waals surface area (Å²) in [5.41, 5.74) is 0.997. The number of ether oxygens (including phenoxy) is 2.